The van der Waals surface area contributed by atoms with Gasteiger partial charge < -0.3 is 14.8 Å². The lowest BCUT2D eigenvalue weighted by molar-refractivity contribution is -0.126. The highest BCUT2D eigenvalue weighted by molar-refractivity contribution is 7.88. The summed E-state index contributed by atoms with van der Waals surface area (Å²) >= 11 is 12.3. The maximum atomic E-state index is 13.0. The van der Waals surface area contributed by atoms with Gasteiger partial charge in [-0.3, -0.25) is 4.79 Å². The SMILES string of the molecule is COc1ccc(CNC(=O)[C@H]2CCCN(S(=O)(=O)Cc3c(Cl)cccc3Cl)C2)cc1OC. The average Bonchev–Trinajstić information content (AvgIpc) is 2.79. The molecule has 1 aliphatic heterocycles. The predicted molar refractivity (Wildman–Crippen MR) is 125 cm³/mol. The highest BCUT2D eigenvalue weighted by Crippen LogP contribution is 2.30. The van der Waals surface area contributed by atoms with Crippen molar-refractivity contribution in [2.75, 3.05) is 27.3 Å². The van der Waals surface area contributed by atoms with Crippen LogP contribution in [0.4, 0.5) is 0 Å². The van der Waals surface area contributed by atoms with E-state index >= 15 is 0 Å². The standard InChI is InChI=1S/C22H26Cl2N2O5S/c1-30-20-9-8-15(11-21(20)31-2)12-25-22(27)16-5-4-10-26(13-16)32(28,29)14-17-18(23)6-3-7-19(17)24/h3,6-9,11,16H,4-5,10,12-14H2,1-2H3,(H,25,27)/t16-/m0/s1. The highest BCUT2D eigenvalue weighted by Gasteiger charge is 2.33. The quantitative estimate of drug-likeness (QED) is 0.594. The van der Waals surface area contributed by atoms with Gasteiger partial charge in [0.2, 0.25) is 15.9 Å². The summed E-state index contributed by atoms with van der Waals surface area (Å²) in [5, 5.41) is 3.51. The Hall–Kier alpha value is -2.00. The molecule has 0 spiro atoms. The monoisotopic (exact) mass is 500 g/mol. The first-order valence-electron chi connectivity index (χ1n) is 10.1. The summed E-state index contributed by atoms with van der Waals surface area (Å²) in [7, 11) is -0.572. The number of ether oxygens (including phenoxy) is 2. The second-order valence-corrected chi connectivity index (χ2v) is 10.3. The van der Waals surface area contributed by atoms with Crippen LogP contribution in [0.15, 0.2) is 36.4 Å². The van der Waals surface area contributed by atoms with Crippen LogP contribution in [0, 0.1) is 5.92 Å². The number of methoxy groups -OCH3 is 2. The average molecular weight is 501 g/mol. The minimum atomic E-state index is -3.68. The molecule has 7 nitrogen and oxygen atoms in total. The highest BCUT2D eigenvalue weighted by atomic mass is 35.5. The second-order valence-electron chi connectivity index (χ2n) is 7.56. The minimum absolute atomic E-state index is 0.127. The molecule has 0 radical (unpaired) electrons. The van der Waals surface area contributed by atoms with Gasteiger partial charge in [-0.15, -0.1) is 0 Å². The molecule has 1 aliphatic rings. The summed E-state index contributed by atoms with van der Waals surface area (Å²) in [5.74, 6) is 0.267. The summed E-state index contributed by atoms with van der Waals surface area (Å²) in [4.78, 5) is 12.8. The van der Waals surface area contributed by atoms with Crippen molar-refractivity contribution in [3.63, 3.8) is 0 Å². The van der Waals surface area contributed by atoms with Crippen LogP contribution in [0.2, 0.25) is 10.0 Å². The zero-order valence-corrected chi connectivity index (χ0v) is 20.3. The Bertz CT molecular complexity index is 1060. The Kier molecular flexibility index (Phi) is 8.27. The van der Waals surface area contributed by atoms with E-state index in [1.54, 1.807) is 44.6 Å². The molecule has 1 atom stereocenters. The maximum Gasteiger partial charge on any atom is 0.224 e. The zero-order valence-electron chi connectivity index (χ0n) is 17.9. The Morgan fingerprint density at radius 1 is 1.12 bits per heavy atom. The first kappa shape index (κ1) is 24.6. The lowest BCUT2D eigenvalue weighted by Crippen LogP contribution is -2.45. The molecule has 0 saturated carbocycles. The van der Waals surface area contributed by atoms with Gasteiger partial charge in [0, 0.05) is 35.2 Å². The molecule has 10 heteroatoms. The number of piperidine rings is 1. The Balaban J connectivity index is 1.63. The second kappa shape index (κ2) is 10.7. The summed E-state index contributed by atoms with van der Waals surface area (Å²) < 4.78 is 37.8. The summed E-state index contributed by atoms with van der Waals surface area (Å²) in [6, 6.07) is 10.3. The molecular formula is C22H26Cl2N2O5S. The smallest absolute Gasteiger partial charge is 0.224 e. The fourth-order valence-corrected chi connectivity index (χ4v) is 6.04. The third-order valence-corrected chi connectivity index (χ3v) is 7.93. The van der Waals surface area contributed by atoms with Gasteiger partial charge in [-0.25, -0.2) is 12.7 Å². The first-order valence-corrected chi connectivity index (χ1v) is 12.5. The number of rotatable bonds is 8. The van der Waals surface area contributed by atoms with E-state index in [0.717, 1.165) is 5.56 Å². The van der Waals surface area contributed by atoms with Gasteiger partial charge in [0.15, 0.2) is 11.5 Å². The van der Waals surface area contributed by atoms with Crippen molar-refractivity contribution in [2.45, 2.75) is 25.1 Å². The van der Waals surface area contributed by atoms with Crippen LogP contribution in [-0.2, 0) is 27.1 Å². The van der Waals surface area contributed by atoms with Gasteiger partial charge in [-0.2, -0.15) is 0 Å². The van der Waals surface area contributed by atoms with Gasteiger partial charge in [-0.05, 0) is 42.7 Å². The van der Waals surface area contributed by atoms with Crippen molar-refractivity contribution in [3.05, 3.63) is 57.6 Å². The third-order valence-electron chi connectivity index (χ3n) is 5.45. The zero-order chi connectivity index (χ0) is 23.3. The number of amides is 1. The topological polar surface area (TPSA) is 84.9 Å². The molecule has 1 heterocycles. The van der Waals surface area contributed by atoms with Crippen molar-refractivity contribution in [2.24, 2.45) is 5.92 Å². The molecule has 1 fully saturated rings. The fourth-order valence-electron chi connectivity index (χ4n) is 3.68. The normalized spacial score (nSPS) is 17.1. The van der Waals surface area contributed by atoms with Crippen molar-refractivity contribution < 1.29 is 22.7 Å². The van der Waals surface area contributed by atoms with Crippen LogP contribution < -0.4 is 14.8 Å². The number of sulfonamides is 1. The molecule has 0 aliphatic carbocycles. The molecule has 0 bridgehead atoms. The molecule has 1 N–H and O–H groups in total. The van der Waals surface area contributed by atoms with Gasteiger partial charge in [0.05, 0.1) is 25.9 Å². The van der Waals surface area contributed by atoms with E-state index in [4.69, 9.17) is 32.7 Å². The number of hydrogen-bond donors (Lipinski definition) is 1. The molecule has 0 aromatic heterocycles. The molecule has 2 aromatic rings. The lowest BCUT2D eigenvalue weighted by atomic mass is 9.98. The largest absolute Gasteiger partial charge is 0.493 e. The van der Waals surface area contributed by atoms with E-state index in [0.29, 0.717) is 53.0 Å². The number of benzene rings is 2. The number of halogens is 2. The van der Waals surface area contributed by atoms with Gasteiger partial charge >= 0.3 is 0 Å². The van der Waals surface area contributed by atoms with Gasteiger partial charge in [0.1, 0.15) is 0 Å². The summed E-state index contributed by atoms with van der Waals surface area (Å²) in [5.41, 5.74) is 1.22. The van der Waals surface area contributed by atoms with Crippen LogP contribution in [0.1, 0.15) is 24.0 Å². The van der Waals surface area contributed by atoms with Crippen LogP contribution in [0.25, 0.3) is 0 Å². The lowest BCUT2D eigenvalue weighted by Gasteiger charge is -2.31. The van der Waals surface area contributed by atoms with E-state index in [9.17, 15) is 13.2 Å². The molecule has 1 saturated heterocycles. The van der Waals surface area contributed by atoms with Gasteiger partial charge in [0.25, 0.3) is 0 Å². The molecule has 0 unspecified atom stereocenters. The summed E-state index contributed by atoms with van der Waals surface area (Å²) in [6.45, 7) is 0.795. The van der Waals surface area contributed by atoms with Crippen LogP contribution in [0.5, 0.6) is 11.5 Å². The molecule has 3 rings (SSSR count). The van der Waals surface area contributed by atoms with Crippen LogP contribution in [0.3, 0.4) is 0 Å². The molecule has 32 heavy (non-hydrogen) atoms. The molecule has 174 valence electrons. The van der Waals surface area contributed by atoms with E-state index in [2.05, 4.69) is 5.32 Å². The number of carbonyl (C=O) groups excluding carboxylic acids is 1. The van der Waals surface area contributed by atoms with Crippen LogP contribution in [-0.4, -0.2) is 45.9 Å². The minimum Gasteiger partial charge on any atom is -0.493 e. The van der Waals surface area contributed by atoms with E-state index in [1.165, 1.54) is 4.31 Å². The molecular weight excluding hydrogens is 475 g/mol. The van der Waals surface area contributed by atoms with Crippen molar-refractivity contribution in [1.82, 2.24) is 9.62 Å². The number of nitrogens with one attached hydrogen (secondary N) is 1. The van der Waals surface area contributed by atoms with Crippen molar-refractivity contribution >= 4 is 39.1 Å². The maximum absolute atomic E-state index is 13.0. The third kappa shape index (κ3) is 5.86. The Morgan fingerprint density at radius 2 is 1.81 bits per heavy atom. The van der Waals surface area contributed by atoms with Gasteiger partial charge in [-0.1, -0.05) is 35.3 Å². The number of nitrogens with zero attached hydrogens (tertiary/aromatic N) is 1. The molecule has 1 amide bonds. The van der Waals surface area contributed by atoms with Crippen LogP contribution >= 0.6 is 23.2 Å². The van der Waals surface area contributed by atoms with E-state index < -0.39 is 15.9 Å². The summed E-state index contributed by atoms with van der Waals surface area (Å²) in [6.07, 6.45) is 1.22. The van der Waals surface area contributed by atoms with E-state index in [-0.39, 0.29) is 18.2 Å². The number of carbonyl (C=O) groups is 1. The van der Waals surface area contributed by atoms with E-state index in [1.807, 2.05) is 6.07 Å². The van der Waals surface area contributed by atoms with Crippen molar-refractivity contribution in [1.29, 1.82) is 0 Å². The van der Waals surface area contributed by atoms with Crippen molar-refractivity contribution in [3.8, 4) is 11.5 Å². The molecule has 2 aromatic carbocycles. The Labute approximate surface area is 198 Å². The Morgan fingerprint density at radius 3 is 2.47 bits per heavy atom. The number of hydrogen-bond acceptors (Lipinski definition) is 5. The first-order chi connectivity index (χ1) is 15.2. The fraction of sp³-hybridized carbons (Fsp3) is 0.409. The predicted octanol–water partition coefficient (Wildman–Crippen LogP) is 3.87.